The molecule has 3 nitrogen and oxygen atoms in total. The van der Waals surface area contributed by atoms with Gasteiger partial charge < -0.3 is 14.9 Å². The lowest BCUT2D eigenvalue weighted by Gasteiger charge is -2.10. The smallest absolute Gasteiger partial charge is 0.146 e. The monoisotopic (exact) mass is 231 g/mol. The maximum atomic E-state index is 5.94. The van der Waals surface area contributed by atoms with Gasteiger partial charge in [0.25, 0.3) is 0 Å². The van der Waals surface area contributed by atoms with Gasteiger partial charge >= 0.3 is 0 Å². The zero-order valence-electron chi connectivity index (χ0n) is 9.93. The van der Waals surface area contributed by atoms with E-state index >= 15 is 0 Å². The zero-order chi connectivity index (χ0) is 12.1. The van der Waals surface area contributed by atoms with E-state index in [0.717, 1.165) is 23.5 Å². The molecule has 2 rings (SSSR count). The lowest BCUT2D eigenvalue weighted by Crippen LogP contribution is -2.08. The lowest BCUT2D eigenvalue weighted by molar-refractivity contribution is 0.270. The Labute approximate surface area is 101 Å². The minimum Gasteiger partial charge on any atom is -0.486 e. The molecule has 0 saturated carbocycles. The zero-order valence-corrected chi connectivity index (χ0v) is 9.93. The van der Waals surface area contributed by atoms with E-state index in [2.05, 4.69) is 6.92 Å². The standard InChI is InChI=1S/C14H17NO2/c1-2-14(15)11-5-7-12(8-6-11)17-10-13-4-3-9-16-13/h3-9,14H,2,10,15H2,1H3. The summed E-state index contributed by atoms with van der Waals surface area (Å²) in [5, 5.41) is 0. The highest BCUT2D eigenvalue weighted by molar-refractivity contribution is 5.29. The van der Waals surface area contributed by atoms with Crippen molar-refractivity contribution in [2.45, 2.75) is 26.0 Å². The topological polar surface area (TPSA) is 48.4 Å². The molecule has 0 fully saturated rings. The molecule has 0 spiro atoms. The predicted molar refractivity (Wildman–Crippen MR) is 66.7 cm³/mol. The highest BCUT2D eigenvalue weighted by atomic mass is 16.5. The number of hydrogen-bond donors (Lipinski definition) is 1. The molecule has 17 heavy (non-hydrogen) atoms. The number of furan rings is 1. The molecule has 2 N–H and O–H groups in total. The fraction of sp³-hybridized carbons (Fsp3) is 0.286. The van der Waals surface area contributed by atoms with E-state index in [9.17, 15) is 0 Å². The minimum atomic E-state index is 0.106. The number of nitrogens with two attached hydrogens (primary N) is 1. The summed E-state index contributed by atoms with van der Waals surface area (Å²) < 4.78 is 10.8. The maximum Gasteiger partial charge on any atom is 0.146 e. The number of benzene rings is 1. The molecule has 0 aliphatic rings. The maximum absolute atomic E-state index is 5.94. The van der Waals surface area contributed by atoms with Crippen molar-refractivity contribution in [3.8, 4) is 5.75 Å². The Balaban J connectivity index is 1.94. The third kappa shape index (κ3) is 3.11. The summed E-state index contributed by atoms with van der Waals surface area (Å²) in [7, 11) is 0. The van der Waals surface area contributed by atoms with Gasteiger partial charge in [0.05, 0.1) is 6.26 Å². The Morgan fingerprint density at radius 2 is 2.00 bits per heavy atom. The first kappa shape index (κ1) is 11.7. The van der Waals surface area contributed by atoms with Crippen LogP contribution in [0.5, 0.6) is 5.75 Å². The van der Waals surface area contributed by atoms with Gasteiger partial charge in [-0.05, 0) is 36.2 Å². The summed E-state index contributed by atoms with van der Waals surface area (Å²) in [6.07, 6.45) is 2.58. The average molecular weight is 231 g/mol. The van der Waals surface area contributed by atoms with Crippen LogP contribution in [0.4, 0.5) is 0 Å². The molecular formula is C14H17NO2. The number of rotatable bonds is 5. The predicted octanol–water partition coefficient (Wildman–Crippen LogP) is 3.27. The Kier molecular flexibility index (Phi) is 3.83. The molecule has 1 atom stereocenters. The van der Waals surface area contributed by atoms with E-state index in [0.29, 0.717) is 6.61 Å². The summed E-state index contributed by atoms with van der Waals surface area (Å²) in [6.45, 7) is 2.53. The van der Waals surface area contributed by atoms with Crippen LogP contribution in [-0.2, 0) is 6.61 Å². The Morgan fingerprint density at radius 3 is 2.59 bits per heavy atom. The molecule has 1 unspecified atom stereocenters. The second-order valence-electron chi connectivity index (χ2n) is 3.95. The Hall–Kier alpha value is -1.74. The minimum absolute atomic E-state index is 0.106. The average Bonchev–Trinajstić information content (AvgIpc) is 2.89. The van der Waals surface area contributed by atoms with E-state index in [-0.39, 0.29) is 6.04 Å². The van der Waals surface area contributed by atoms with Crippen molar-refractivity contribution in [3.05, 3.63) is 54.0 Å². The molecule has 0 saturated heterocycles. The van der Waals surface area contributed by atoms with Gasteiger partial charge in [-0.25, -0.2) is 0 Å². The molecule has 2 aromatic rings. The third-order valence-electron chi connectivity index (χ3n) is 2.71. The molecule has 0 amide bonds. The summed E-state index contributed by atoms with van der Waals surface area (Å²) >= 11 is 0. The molecule has 90 valence electrons. The van der Waals surface area contributed by atoms with E-state index in [4.69, 9.17) is 14.9 Å². The van der Waals surface area contributed by atoms with Crippen molar-refractivity contribution in [1.29, 1.82) is 0 Å². The van der Waals surface area contributed by atoms with Gasteiger partial charge in [-0.1, -0.05) is 19.1 Å². The molecular weight excluding hydrogens is 214 g/mol. The van der Waals surface area contributed by atoms with Gasteiger partial charge in [0, 0.05) is 6.04 Å². The highest BCUT2D eigenvalue weighted by Gasteiger charge is 2.03. The first-order chi connectivity index (χ1) is 8.29. The van der Waals surface area contributed by atoms with E-state index in [1.807, 2.05) is 36.4 Å². The first-order valence-corrected chi connectivity index (χ1v) is 5.80. The van der Waals surface area contributed by atoms with Gasteiger partial charge in [0.2, 0.25) is 0 Å². The van der Waals surface area contributed by atoms with Crippen molar-refractivity contribution in [2.75, 3.05) is 0 Å². The van der Waals surface area contributed by atoms with Crippen LogP contribution in [-0.4, -0.2) is 0 Å². The van der Waals surface area contributed by atoms with Crippen molar-refractivity contribution in [2.24, 2.45) is 5.73 Å². The molecule has 0 aliphatic carbocycles. The quantitative estimate of drug-likeness (QED) is 0.859. The fourth-order valence-electron chi connectivity index (χ4n) is 1.60. The van der Waals surface area contributed by atoms with Crippen molar-refractivity contribution in [3.63, 3.8) is 0 Å². The van der Waals surface area contributed by atoms with Crippen LogP contribution in [0.15, 0.2) is 47.1 Å². The van der Waals surface area contributed by atoms with Gasteiger partial charge in [0.15, 0.2) is 0 Å². The van der Waals surface area contributed by atoms with Crippen molar-refractivity contribution in [1.82, 2.24) is 0 Å². The summed E-state index contributed by atoms with van der Waals surface area (Å²) in [4.78, 5) is 0. The van der Waals surface area contributed by atoms with Crippen LogP contribution < -0.4 is 10.5 Å². The molecule has 1 aromatic carbocycles. The van der Waals surface area contributed by atoms with Crippen molar-refractivity contribution < 1.29 is 9.15 Å². The highest BCUT2D eigenvalue weighted by Crippen LogP contribution is 2.19. The van der Waals surface area contributed by atoms with Crippen LogP contribution in [0.2, 0.25) is 0 Å². The van der Waals surface area contributed by atoms with Crippen LogP contribution in [0.1, 0.15) is 30.7 Å². The van der Waals surface area contributed by atoms with E-state index < -0.39 is 0 Å². The third-order valence-corrected chi connectivity index (χ3v) is 2.71. The van der Waals surface area contributed by atoms with Crippen LogP contribution >= 0.6 is 0 Å². The molecule has 1 heterocycles. The molecule has 1 aromatic heterocycles. The summed E-state index contributed by atoms with van der Waals surface area (Å²) in [5.74, 6) is 1.65. The summed E-state index contributed by atoms with van der Waals surface area (Å²) in [5.41, 5.74) is 7.08. The number of ether oxygens (including phenoxy) is 1. The van der Waals surface area contributed by atoms with Crippen LogP contribution in [0.25, 0.3) is 0 Å². The van der Waals surface area contributed by atoms with E-state index in [1.54, 1.807) is 6.26 Å². The van der Waals surface area contributed by atoms with Gasteiger partial charge in [-0.3, -0.25) is 0 Å². The lowest BCUT2D eigenvalue weighted by atomic mass is 10.1. The van der Waals surface area contributed by atoms with Crippen molar-refractivity contribution >= 4 is 0 Å². The van der Waals surface area contributed by atoms with Gasteiger partial charge in [0.1, 0.15) is 18.1 Å². The fourth-order valence-corrected chi connectivity index (χ4v) is 1.60. The Bertz CT molecular complexity index is 434. The molecule has 0 bridgehead atoms. The van der Waals surface area contributed by atoms with E-state index in [1.165, 1.54) is 0 Å². The first-order valence-electron chi connectivity index (χ1n) is 5.80. The van der Waals surface area contributed by atoms with Gasteiger partial charge in [-0.15, -0.1) is 0 Å². The molecule has 0 aliphatic heterocycles. The molecule has 3 heteroatoms. The molecule has 0 radical (unpaired) electrons. The SMILES string of the molecule is CCC(N)c1ccc(OCc2ccco2)cc1. The van der Waals surface area contributed by atoms with Gasteiger partial charge in [-0.2, -0.15) is 0 Å². The van der Waals surface area contributed by atoms with Crippen LogP contribution in [0.3, 0.4) is 0 Å². The largest absolute Gasteiger partial charge is 0.486 e. The summed E-state index contributed by atoms with van der Waals surface area (Å²) in [6, 6.07) is 11.7. The Morgan fingerprint density at radius 1 is 1.24 bits per heavy atom. The second-order valence-corrected chi connectivity index (χ2v) is 3.95. The normalized spacial score (nSPS) is 12.4. The number of hydrogen-bond acceptors (Lipinski definition) is 3. The second kappa shape index (κ2) is 5.55. The van der Waals surface area contributed by atoms with Crippen LogP contribution in [0, 0.1) is 0 Å².